The number of fused-ring (bicyclic) bond motifs is 1. The number of ether oxygens (including phenoxy) is 1. The molecule has 2 aromatic heterocycles. The SMILES string of the molecule is COC(=O)c1csc(Cc2c[nH]c3ccccc23)n1. The van der Waals surface area contributed by atoms with Gasteiger partial charge in [-0.15, -0.1) is 11.3 Å². The fourth-order valence-electron chi connectivity index (χ4n) is 2.03. The van der Waals surface area contributed by atoms with Crippen LogP contribution in [0.15, 0.2) is 35.8 Å². The van der Waals surface area contributed by atoms with Crippen molar-refractivity contribution in [1.82, 2.24) is 9.97 Å². The minimum atomic E-state index is -0.388. The third-order valence-corrected chi connectivity index (χ3v) is 3.81. The van der Waals surface area contributed by atoms with E-state index in [-0.39, 0.29) is 5.97 Å². The van der Waals surface area contributed by atoms with Crippen molar-refractivity contribution >= 4 is 28.2 Å². The molecule has 0 aliphatic heterocycles. The van der Waals surface area contributed by atoms with E-state index in [2.05, 4.69) is 20.8 Å². The van der Waals surface area contributed by atoms with Gasteiger partial charge >= 0.3 is 5.97 Å². The number of carbonyl (C=O) groups excluding carboxylic acids is 1. The Morgan fingerprint density at radius 3 is 3.11 bits per heavy atom. The number of thiazole rings is 1. The van der Waals surface area contributed by atoms with Crippen molar-refractivity contribution in [2.24, 2.45) is 0 Å². The molecule has 0 atom stereocenters. The third kappa shape index (κ3) is 2.24. The minimum Gasteiger partial charge on any atom is -0.464 e. The van der Waals surface area contributed by atoms with Crippen LogP contribution in [0.2, 0.25) is 0 Å². The van der Waals surface area contributed by atoms with Gasteiger partial charge in [0.15, 0.2) is 5.69 Å². The van der Waals surface area contributed by atoms with Crippen molar-refractivity contribution in [3.8, 4) is 0 Å². The second kappa shape index (κ2) is 4.85. The van der Waals surface area contributed by atoms with Crippen LogP contribution in [-0.2, 0) is 11.2 Å². The van der Waals surface area contributed by atoms with Crippen LogP contribution in [0.25, 0.3) is 10.9 Å². The molecule has 0 saturated heterocycles. The Kier molecular flexibility index (Phi) is 3.05. The van der Waals surface area contributed by atoms with Crippen LogP contribution < -0.4 is 0 Å². The average molecular weight is 272 g/mol. The van der Waals surface area contributed by atoms with E-state index in [9.17, 15) is 4.79 Å². The van der Waals surface area contributed by atoms with Gasteiger partial charge in [0.05, 0.1) is 12.1 Å². The quantitative estimate of drug-likeness (QED) is 0.746. The van der Waals surface area contributed by atoms with Crippen LogP contribution in [0, 0.1) is 0 Å². The van der Waals surface area contributed by atoms with Crippen molar-refractivity contribution in [3.63, 3.8) is 0 Å². The Balaban J connectivity index is 1.89. The van der Waals surface area contributed by atoms with Crippen molar-refractivity contribution in [2.45, 2.75) is 6.42 Å². The van der Waals surface area contributed by atoms with Crippen LogP contribution in [0.5, 0.6) is 0 Å². The summed E-state index contributed by atoms with van der Waals surface area (Å²) < 4.78 is 4.65. The molecule has 4 nitrogen and oxygen atoms in total. The fourth-order valence-corrected chi connectivity index (χ4v) is 2.82. The van der Waals surface area contributed by atoms with Crippen molar-refractivity contribution < 1.29 is 9.53 Å². The molecule has 0 spiro atoms. The lowest BCUT2D eigenvalue weighted by Crippen LogP contribution is -2.01. The molecule has 5 heteroatoms. The number of carbonyl (C=O) groups is 1. The van der Waals surface area contributed by atoms with E-state index in [0.29, 0.717) is 12.1 Å². The molecule has 0 unspecified atom stereocenters. The highest BCUT2D eigenvalue weighted by molar-refractivity contribution is 7.09. The molecule has 3 aromatic rings. The van der Waals surface area contributed by atoms with Gasteiger partial charge in [-0.25, -0.2) is 9.78 Å². The summed E-state index contributed by atoms with van der Waals surface area (Å²) in [5.74, 6) is -0.388. The number of nitrogens with one attached hydrogen (secondary N) is 1. The molecule has 0 fully saturated rings. The molecular weight excluding hydrogens is 260 g/mol. The molecule has 19 heavy (non-hydrogen) atoms. The normalized spacial score (nSPS) is 10.8. The number of esters is 1. The summed E-state index contributed by atoms with van der Waals surface area (Å²) in [4.78, 5) is 18.9. The number of benzene rings is 1. The van der Waals surface area contributed by atoms with E-state index >= 15 is 0 Å². The van der Waals surface area contributed by atoms with Crippen LogP contribution in [-0.4, -0.2) is 23.0 Å². The first kappa shape index (κ1) is 11.9. The molecule has 0 amide bonds. The van der Waals surface area contributed by atoms with Gasteiger partial charge in [0.2, 0.25) is 0 Å². The highest BCUT2D eigenvalue weighted by Gasteiger charge is 2.12. The zero-order chi connectivity index (χ0) is 13.2. The number of hydrogen-bond donors (Lipinski definition) is 1. The molecule has 0 aliphatic carbocycles. The summed E-state index contributed by atoms with van der Waals surface area (Å²) in [6.45, 7) is 0. The highest BCUT2D eigenvalue weighted by atomic mass is 32.1. The maximum Gasteiger partial charge on any atom is 0.357 e. The minimum absolute atomic E-state index is 0.377. The van der Waals surface area contributed by atoms with Crippen LogP contribution in [0.1, 0.15) is 21.1 Å². The van der Waals surface area contributed by atoms with Gasteiger partial charge in [0, 0.05) is 28.9 Å². The summed E-state index contributed by atoms with van der Waals surface area (Å²) in [5, 5.41) is 3.83. The highest BCUT2D eigenvalue weighted by Crippen LogP contribution is 2.22. The first-order valence-electron chi connectivity index (χ1n) is 5.85. The van der Waals surface area contributed by atoms with E-state index in [1.807, 2.05) is 24.4 Å². The summed E-state index contributed by atoms with van der Waals surface area (Å²) in [6, 6.07) is 8.14. The molecule has 0 aliphatic rings. The Bertz CT molecular complexity index is 730. The van der Waals surface area contributed by atoms with Gasteiger partial charge in [-0.1, -0.05) is 18.2 Å². The van der Waals surface area contributed by atoms with Gasteiger partial charge in [-0.3, -0.25) is 0 Å². The Morgan fingerprint density at radius 2 is 2.26 bits per heavy atom. The number of para-hydroxylation sites is 1. The summed E-state index contributed by atoms with van der Waals surface area (Å²) in [6.07, 6.45) is 2.70. The molecule has 2 heterocycles. The number of H-pyrrole nitrogens is 1. The molecule has 0 bridgehead atoms. The van der Waals surface area contributed by atoms with Gasteiger partial charge in [-0.05, 0) is 11.6 Å². The maximum atomic E-state index is 11.4. The molecule has 3 rings (SSSR count). The van der Waals surface area contributed by atoms with Crippen molar-refractivity contribution in [3.05, 3.63) is 52.1 Å². The van der Waals surface area contributed by atoms with Crippen molar-refractivity contribution in [2.75, 3.05) is 7.11 Å². The standard InChI is InChI=1S/C14H12N2O2S/c1-18-14(17)12-8-19-13(16-12)6-9-7-15-11-5-3-2-4-10(9)11/h2-5,7-8,15H,6H2,1H3. The molecule has 1 aromatic carbocycles. The molecule has 96 valence electrons. The van der Waals surface area contributed by atoms with Gasteiger partial charge in [0.1, 0.15) is 0 Å². The van der Waals surface area contributed by atoms with E-state index in [1.165, 1.54) is 29.4 Å². The number of aromatic amines is 1. The third-order valence-electron chi connectivity index (χ3n) is 2.96. The van der Waals surface area contributed by atoms with Gasteiger partial charge in [0.25, 0.3) is 0 Å². The predicted molar refractivity (Wildman–Crippen MR) is 74.6 cm³/mol. The maximum absolute atomic E-state index is 11.4. The zero-order valence-electron chi connectivity index (χ0n) is 10.3. The number of hydrogen-bond acceptors (Lipinski definition) is 4. The molecule has 0 saturated carbocycles. The van der Waals surface area contributed by atoms with E-state index < -0.39 is 0 Å². The molecule has 1 N–H and O–H groups in total. The Labute approximate surface area is 114 Å². The second-order valence-corrected chi connectivity index (χ2v) is 5.10. The molecular formula is C14H12N2O2S. The topological polar surface area (TPSA) is 55.0 Å². The van der Waals surface area contributed by atoms with Crippen LogP contribution in [0.3, 0.4) is 0 Å². The summed E-state index contributed by atoms with van der Waals surface area (Å²) in [7, 11) is 1.36. The number of rotatable bonds is 3. The molecule has 0 radical (unpaired) electrons. The lowest BCUT2D eigenvalue weighted by molar-refractivity contribution is 0.0594. The summed E-state index contributed by atoms with van der Waals surface area (Å²) in [5.41, 5.74) is 2.67. The van der Waals surface area contributed by atoms with E-state index in [1.54, 1.807) is 5.38 Å². The van der Waals surface area contributed by atoms with Gasteiger partial charge in [-0.2, -0.15) is 0 Å². The van der Waals surface area contributed by atoms with E-state index in [0.717, 1.165) is 10.5 Å². The first-order chi connectivity index (χ1) is 9.28. The largest absolute Gasteiger partial charge is 0.464 e. The average Bonchev–Trinajstić information content (AvgIpc) is 3.06. The Morgan fingerprint density at radius 1 is 1.42 bits per heavy atom. The fraction of sp³-hybridized carbons (Fsp3) is 0.143. The predicted octanol–water partition coefficient (Wildman–Crippen LogP) is 3.00. The van der Waals surface area contributed by atoms with Crippen LogP contribution in [0.4, 0.5) is 0 Å². The first-order valence-corrected chi connectivity index (χ1v) is 6.73. The number of methoxy groups -OCH3 is 1. The zero-order valence-corrected chi connectivity index (χ0v) is 11.2. The lowest BCUT2D eigenvalue weighted by Gasteiger charge is -1.95. The summed E-state index contributed by atoms with van der Waals surface area (Å²) >= 11 is 1.47. The number of aromatic nitrogens is 2. The second-order valence-electron chi connectivity index (χ2n) is 4.15. The Hall–Kier alpha value is -2.14. The van der Waals surface area contributed by atoms with Crippen molar-refractivity contribution in [1.29, 1.82) is 0 Å². The lowest BCUT2D eigenvalue weighted by atomic mass is 10.1. The van der Waals surface area contributed by atoms with E-state index in [4.69, 9.17) is 0 Å². The van der Waals surface area contributed by atoms with Crippen LogP contribution >= 0.6 is 11.3 Å². The number of nitrogens with zero attached hydrogens (tertiary/aromatic N) is 1. The van der Waals surface area contributed by atoms with Gasteiger partial charge < -0.3 is 9.72 Å². The monoisotopic (exact) mass is 272 g/mol. The smallest absolute Gasteiger partial charge is 0.357 e.